The Hall–Kier alpha value is -0.880. The van der Waals surface area contributed by atoms with E-state index in [1.165, 1.54) is 38.5 Å². The fourth-order valence-electron chi connectivity index (χ4n) is 4.43. The van der Waals surface area contributed by atoms with Crippen LogP contribution in [-0.2, 0) is 0 Å². The molecule has 0 N–H and O–H groups in total. The molecule has 0 atom stereocenters. The molecule has 0 radical (unpaired) electrons. The zero-order valence-corrected chi connectivity index (χ0v) is 8.55. The van der Waals surface area contributed by atoms with E-state index in [1.54, 1.807) is 0 Å². The topological polar surface area (TPSA) is 0 Å². The minimum absolute atomic E-state index is 0.348. The van der Waals surface area contributed by atoms with E-state index in [0.29, 0.717) is 5.41 Å². The first kappa shape index (κ1) is 8.43. The molecule has 0 heterocycles. The molecule has 4 aliphatic rings. The van der Waals surface area contributed by atoms with Crippen molar-refractivity contribution in [2.45, 2.75) is 38.5 Å². The van der Waals surface area contributed by atoms with Crippen molar-refractivity contribution in [3.05, 3.63) is 0 Å². The van der Waals surface area contributed by atoms with Gasteiger partial charge in [0.05, 0.1) is 0 Å². The molecule has 4 aliphatic carbocycles. The molecule has 72 valence electrons. The first-order valence-corrected chi connectivity index (χ1v) is 5.77. The monoisotopic (exact) mass is 184 g/mol. The van der Waals surface area contributed by atoms with Crippen molar-refractivity contribution < 1.29 is 0 Å². The van der Waals surface area contributed by atoms with Crippen molar-refractivity contribution in [2.75, 3.05) is 0 Å². The Balaban J connectivity index is 1.92. The van der Waals surface area contributed by atoms with Gasteiger partial charge in [-0.15, -0.1) is 6.42 Å². The van der Waals surface area contributed by atoms with Gasteiger partial charge in [0, 0.05) is 5.41 Å². The third-order valence-electron chi connectivity index (χ3n) is 4.44. The van der Waals surface area contributed by atoms with Gasteiger partial charge in [0.15, 0.2) is 0 Å². The van der Waals surface area contributed by atoms with Crippen LogP contribution in [0.3, 0.4) is 0 Å². The predicted molar refractivity (Wildman–Crippen MR) is 57.2 cm³/mol. The van der Waals surface area contributed by atoms with Gasteiger partial charge in [-0.25, -0.2) is 0 Å². The highest BCUT2D eigenvalue weighted by Crippen LogP contribution is 2.59. The van der Waals surface area contributed by atoms with E-state index >= 15 is 0 Å². The molecule has 0 nitrogen and oxygen atoms in total. The molecule has 4 rings (SSSR count). The standard InChI is InChI=1S/C14H16/c1-2-3-4-14-8-11-5-12(9-14)7-13(6-11)10-14/h1,11-13H,5-10H2. The summed E-state index contributed by atoms with van der Waals surface area (Å²) in [4.78, 5) is 0. The maximum Gasteiger partial charge on any atom is 0.0332 e. The molecule has 0 aliphatic heterocycles. The summed E-state index contributed by atoms with van der Waals surface area (Å²) in [5.41, 5.74) is 0.348. The van der Waals surface area contributed by atoms with Crippen molar-refractivity contribution in [1.82, 2.24) is 0 Å². The molecule has 4 fully saturated rings. The number of rotatable bonds is 0. The lowest BCUT2D eigenvalue weighted by atomic mass is 9.50. The first-order chi connectivity index (χ1) is 6.80. The highest BCUT2D eigenvalue weighted by molar-refractivity contribution is 5.28. The van der Waals surface area contributed by atoms with Gasteiger partial charge in [-0.2, -0.15) is 0 Å². The SMILES string of the molecule is C#CC#CC12CC3CC(CC(C3)C1)C2. The lowest BCUT2D eigenvalue weighted by Gasteiger charge is -2.54. The average molecular weight is 184 g/mol. The zero-order valence-electron chi connectivity index (χ0n) is 8.55. The van der Waals surface area contributed by atoms with Gasteiger partial charge in [-0.05, 0) is 68.1 Å². The Morgan fingerprint density at radius 3 is 1.86 bits per heavy atom. The van der Waals surface area contributed by atoms with Crippen LogP contribution >= 0.6 is 0 Å². The lowest BCUT2D eigenvalue weighted by molar-refractivity contribution is -0.0181. The molecule has 0 aromatic carbocycles. The van der Waals surface area contributed by atoms with Crippen LogP contribution in [0.15, 0.2) is 0 Å². The van der Waals surface area contributed by atoms with Gasteiger partial charge >= 0.3 is 0 Å². The highest BCUT2D eigenvalue weighted by Gasteiger charge is 2.50. The van der Waals surface area contributed by atoms with Crippen LogP contribution in [0.25, 0.3) is 0 Å². The summed E-state index contributed by atoms with van der Waals surface area (Å²) in [6, 6.07) is 0. The number of hydrogen-bond donors (Lipinski definition) is 0. The highest BCUT2D eigenvalue weighted by atomic mass is 14.5. The average Bonchev–Trinajstić information content (AvgIpc) is 2.12. The second-order valence-electron chi connectivity index (χ2n) is 5.59. The second-order valence-corrected chi connectivity index (χ2v) is 5.59. The zero-order chi connectivity index (χ0) is 9.60. The number of hydrogen-bond acceptors (Lipinski definition) is 0. The molecule has 0 unspecified atom stereocenters. The fourth-order valence-corrected chi connectivity index (χ4v) is 4.43. The molecule has 0 spiro atoms. The van der Waals surface area contributed by atoms with Crippen molar-refractivity contribution in [1.29, 1.82) is 0 Å². The van der Waals surface area contributed by atoms with E-state index < -0.39 is 0 Å². The van der Waals surface area contributed by atoms with Crippen molar-refractivity contribution in [3.8, 4) is 24.2 Å². The molecule has 4 saturated carbocycles. The van der Waals surface area contributed by atoms with E-state index in [2.05, 4.69) is 17.8 Å². The van der Waals surface area contributed by atoms with Crippen LogP contribution in [-0.4, -0.2) is 0 Å². The van der Waals surface area contributed by atoms with Crippen LogP contribution in [0, 0.1) is 47.4 Å². The molecule has 0 aromatic heterocycles. The summed E-state index contributed by atoms with van der Waals surface area (Å²) < 4.78 is 0. The van der Waals surface area contributed by atoms with Gasteiger partial charge in [-0.1, -0.05) is 5.92 Å². The van der Waals surface area contributed by atoms with E-state index in [-0.39, 0.29) is 0 Å². The Morgan fingerprint density at radius 2 is 1.43 bits per heavy atom. The summed E-state index contributed by atoms with van der Waals surface area (Å²) in [5.74, 6) is 11.7. The molecule has 14 heavy (non-hydrogen) atoms. The van der Waals surface area contributed by atoms with Gasteiger partial charge in [0.2, 0.25) is 0 Å². The molecule has 0 heteroatoms. The Morgan fingerprint density at radius 1 is 0.929 bits per heavy atom. The normalized spacial score (nSPS) is 48.1. The van der Waals surface area contributed by atoms with Gasteiger partial charge in [0.1, 0.15) is 0 Å². The van der Waals surface area contributed by atoms with E-state index in [4.69, 9.17) is 6.42 Å². The first-order valence-electron chi connectivity index (χ1n) is 5.77. The van der Waals surface area contributed by atoms with Gasteiger partial charge < -0.3 is 0 Å². The van der Waals surface area contributed by atoms with Gasteiger partial charge in [-0.3, -0.25) is 0 Å². The molecule has 0 amide bonds. The van der Waals surface area contributed by atoms with Crippen LogP contribution in [0.1, 0.15) is 38.5 Å². The van der Waals surface area contributed by atoms with Crippen molar-refractivity contribution >= 4 is 0 Å². The largest absolute Gasteiger partial charge is 0.106 e. The van der Waals surface area contributed by atoms with Crippen LogP contribution < -0.4 is 0 Å². The predicted octanol–water partition coefficient (Wildman–Crippen LogP) is 2.84. The van der Waals surface area contributed by atoms with E-state index in [0.717, 1.165) is 17.8 Å². The quantitative estimate of drug-likeness (QED) is 0.508. The third-order valence-corrected chi connectivity index (χ3v) is 4.44. The Labute approximate surface area is 86.5 Å². The Kier molecular flexibility index (Phi) is 1.69. The smallest absolute Gasteiger partial charge is 0.0332 e. The summed E-state index contributed by atoms with van der Waals surface area (Å²) in [7, 11) is 0. The summed E-state index contributed by atoms with van der Waals surface area (Å²) in [6.45, 7) is 0. The molecular formula is C14H16. The molecule has 0 aromatic rings. The summed E-state index contributed by atoms with van der Waals surface area (Å²) in [5, 5.41) is 0. The minimum Gasteiger partial charge on any atom is -0.106 e. The second kappa shape index (κ2) is 2.80. The van der Waals surface area contributed by atoms with Crippen LogP contribution in [0.2, 0.25) is 0 Å². The molecule has 4 bridgehead atoms. The Bertz CT molecular complexity index is 309. The van der Waals surface area contributed by atoms with Crippen LogP contribution in [0.5, 0.6) is 0 Å². The fraction of sp³-hybridized carbons (Fsp3) is 0.714. The van der Waals surface area contributed by atoms with E-state index in [1.807, 2.05) is 0 Å². The van der Waals surface area contributed by atoms with Crippen molar-refractivity contribution in [3.63, 3.8) is 0 Å². The minimum atomic E-state index is 0.348. The van der Waals surface area contributed by atoms with Gasteiger partial charge in [0.25, 0.3) is 0 Å². The van der Waals surface area contributed by atoms with Crippen molar-refractivity contribution in [2.24, 2.45) is 23.2 Å². The lowest BCUT2D eigenvalue weighted by Crippen LogP contribution is -2.45. The maximum absolute atomic E-state index is 5.23. The summed E-state index contributed by atoms with van der Waals surface area (Å²) in [6.07, 6.45) is 13.7. The van der Waals surface area contributed by atoms with E-state index in [9.17, 15) is 0 Å². The maximum atomic E-state index is 5.23. The summed E-state index contributed by atoms with van der Waals surface area (Å²) >= 11 is 0. The molecule has 0 saturated heterocycles. The number of terminal acetylenes is 1. The molecular weight excluding hydrogens is 168 g/mol. The third kappa shape index (κ3) is 1.18. The van der Waals surface area contributed by atoms with Crippen LogP contribution in [0.4, 0.5) is 0 Å².